The van der Waals surface area contributed by atoms with Gasteiger partial charge in [-0.1, -0.05) is 6.92 Å². The van der Waals surface area contributed by atoms with Gasteiger partial charge >= 0.3 is 0 Å². The lowest BCUT2D eigenvalue weighted by Crippen LogP contribution is -2.14. The van der Waals surface area contributed by atoms with Crippen LogP contribution >= 0.6 is 0 Å². The van der Waals surface area contributed by atoms with E-state index in [2.05, 4.69) is 10.3 Å². The van der Waals surface area contributed by atoms with E-state index >= 15 is 0 Å². The number of pyridine rings is 1. The second-order valence-electron chi connectivity index (χ2n) is 4.71. The number of benzene rings is 1. The van der Waals surface area contributed by atoms with Gasteiger partial charge in [-0.15, -0.1) is 0 Å². The number of aromatic nitrogens is 1. The third-order valence-electron chi connectivity index (χ3n) is 2.95. The molecule has 2 rings (SSSR count). The first kappa shape index (κ1) is 15.4. The second kappa shape index (κ2) is 7.69. The van der Waals surface area contributed by atoms with Crippen molar-refractivity contribution in [2.24, 2.45) is 0 Å². The van der Waals surface area contributed by atoms with Gasteiger partial charge in [0.1, 0.15) is 6.61 Å². The molecule has 0 unspecified atom stereocenters. The zero-order valence-corrected chi connectivity index (χ0v) is 11.9. The van der Waals surface area contributed by atoms with Gasteiger partial charge in [0.2, 0.25) is 0 Å². The number of halogens is 2. The zero-order chi connectivity index (χ0) is 15.1. The molecule has 112 valence electrons. The molecule has 1 aromatic heterocycles. The first-order chi connectivity index (χ1) is 10.2. The SMILES string of the molecule is CCCNCc1cc(F)c(OCc2ccncc2)c(F)c1. The summed E-state index contributed by atoms with van der Waals surface area (Å²) in [6.45, 7) is 3.38. The van der Waals surface area contributed by atoms with Crippen molar-refractivity contribution in [3.05, 3.63) is 59.4 Å². The largest absolute Gasteiger partial charge is 0.483 e. The fourth-order valence-corrected chi connectivity index (χ4v) is 1.90. The summed E-state index contributed by atoms with van der Waals surface area (Å²) in [7, 11) is 0. The summed E-state index contributed by atoms with van der Waals surface area (Å²) >= 11 is 0. The Kier molecular flexibility index (Phi) is 5.63. The molecule has 0 saturated carbocycles. The summed E-state index contributed by atoms with van der Waals surface area (Å²) < 4.78 is 33.1. The summed E-state index contributed by atoms with van der Waals surface area (Å²) in [5.41, 5.74) is 1.37. The van der Waals surface area contributed by atoms with Crippen LogP contribution in [0, 0.1) is 11.6 Å². The van der Waals surface area contributed by atoms with Crippen molar-refractivity contribution in [1.82, 2.24) is 10.3 Å². The molecule has 0 fully saturated rings. The molecule has 1 heterocycles. The van der Waals surface area contributed by atoms with Crippen LogP contribution in [-0.2, 0) is 13.2 Å². The van der Waals surface area contributed by atoms with Crippen molar-refractivity contribution in [1.29, 1.82) is 0 Å². The van der Waals surface area contributed by atoms with Crippen LogP contribution in [0.4, 0.5) is 8.78 Å². The van der Waals surface area contributed by atoms with E-state index in [1.165, 1.54) is 12.1 Å². The first-order valence-corrected chi connectivity index (χ1v) is 6.91. The molecule has 0 radical (unpaired) electrons. The maximum absolute atomic E-state index is 13.9. The molecule has 2 aromatic rings. The van der Waals surface area contributed by atoms with Gasteiger partial charge in [0.05, 0.1) is 0 Å². The summed E-state index contributed by atoms with van der Waals surface area (Å²) in [5.74, 6) is -1.71. The number of hydrogen-bond acceptors (Lipinski definition) is 3. The van der Waals surface area contributed by atoms with Gasteiger partial charge in [0.15, 0.2) is 17.4 Å². The Morgan fingerprint density at radius 3 is 2.38 bits per heavy atom. The predicted molar refractivity (Wildman–Crippen MR) is 76.9 cm³/mol. The predicted octanol–water partition coefficient (Wildman–Crippen LogP) is 3.44. The molecular formula is C16H18F2N2O. The van der Waals surface area contributed by atoms with E-state index in [4.69, 9.17) is 4.74 Å². The Morgan fingerprint density at radius 2 is 1.76 bits per heavy atom. The summed E-state index contributed by atoms with van der Waals surface area (Å²) in [6, 6.07) is 6.07. The number of nitrogens with one attached hydrogen (secondary N) is 1. The van der Waals surface area contributed by atoms with Crippen LogP contribution < -0.4 is 10.1 Å². The van der Waals surface area contributed by atoms with Crippen molar-refractivity contribution in [2.45, 2.75) is 26.5 Å². The minimum Gasteiger partial charge on any atom is -0.483 e. The number of nitrogens with zero attached hydrogens (tertiary/aromatic N) is 1. The standard InChI is InChI=1S/C16H18F2N2O/c1-2-5-20-10-13-8-14(17)16(15(18)9-13)21-11-12-3-6-19-7-4-12/h3-4,6-9,20H,2,5,10-11H2,1H3. The highest BCUT2D eigenvalue weighted by Gasteiger charge is 2.12. The molecule has 0 amide bonds. The van der Waals surface area contributed by atoms with Crippen LogP contribution in [0.15, 0.2) is 36.7 Å². The molecule has 0 saturated heterocycles. The Labute approximate surface area is 123 Å². The van der Waals surface area contributed by atoms with Crippen LogP contribution in [0.2, 0.25) is 0 Å². The second-order valence-corrected chi connectivity index (χ2v) is 4.71. The molecule has 1 N–H and O–H groups in total. The fraction of sp³-hybridized carbons (Fsp3) is 0.312. The lowest BCUT2D eigenvalue weighted by Gasteiger charge is -2.10. The van der Waals surface area contributed by atoms with E-state index in [9.17, 15) is 8.78 Å². The average molecular weight is 292 g/mol. The lowest BCUT2D eigenvalue weighted by molar-refractivity contribution is 0.273. The van der Waals surface area contributed by atoms with Crippen molar-refractivity contribution >= 4 is 0 Å². The molecule has 0 aliphatic heterocycles. The van der Waals surface area contributed by atoms with Gasteiger partial charge in [-0.2, -0.15) is 0 Å². The minimum absolute atomic E-state index is 0.101. The van der Waals surface area contributed by atoms with E-state index in [1.54, 1.807) is 24.5 Å². The smallest absolute Gasteiger partial charge is 0.191 e. The quantitative estimate of drug-likeness (QED) is 0.794. The molecule has 0 aliphatic carbocycles. The Morgan fingerprint density at radius 1 is 1.10 bits per heavy atom. The van der Waals surface area contributed by atoms with Crippen LogP contribution in [0.3, 0.4) is 0 Å². The van der Waals surface area contributed by atoms with Crippen molar-refractivity contribution in [2.75, 3.05) is 6.54 Å². The zero-order valence-electron chi connectivity index (χ0n) is 11.9. The highest BCUT2D eigenvalue weighted by molar-refractivity contribution is 5.31. The molecule has 3 nitrogen and oxygen atoms in total. The van der Waals surface area contributed by atoms with E-state index in [0.29, 0.717) is 12.1 Å². The maximum Gasteiger partial charge on any atom is 0.191 e. The van der Waals surface area contributed by atoms with Gasteiger partial charge in [-0.05, 0) is 48.4 Å². The fourth-order valence-electron chi connectivity index (χ4n) is 1.90. The first-order valence-electron chi connectivity index (χ1n) is 6.91. The topological polar surface area (TPSA) is 34.1 Å². The van der Waals surface area contributed by atoms with E-state index in [1.807, 2.05) is 6.92 Å². The average Bonchev–Trinajstić information content (AvgIpc) is 2.48. The highest BCUT2D eigenvalue weighted by Crippen LogP contribution is 2.24. The Balaban J connectivity index is 2.03. The van der Waals surface area contributed by atoms with Gasteiger partial charge in [0, 0.05) is 18.9 Å². The molecule has 5 heteroatoms. The Bertz CT molecular complexity index is 553. The van der Waals surface area contributed by atoms with Crippen molar-refractivity contribution in [3.8, 4) is 5.75 Å². The third kappa shape index (κ3) is 4.49. The van der Waals surface area contributed by atoms with Crippen molar-refractivity contribution < 1.29 is 13.5 Å². The molecule has 21 heavy (non-hydrogen) atoms. The Hall–Kier alpha value is -2.01. The summed E-state index contributed by atoms with van der Waals surface area (Å²) in [6.07, 6.45) is 4.18. The molecule has 0 spiro atoms. The molecule has 0 bridgehead atoms. The monoisotopic (exact) mass is 292 g/mol. The van der Waals surface area contributed by atoms with Gasteiger partial charge in [0.25, 0.3) is 0 Å². The molecule has 0 aliphatic rings. The lowest BCUT2D eigenvalue weighted by atomic mass is 10.2. The van der Waals surface area contributed by atoms with Crippen molar-refractivity contribution in [3.63, 3.8) is 0 Å². The number of hydrogen-bond donors (Lipinski definition) is 1. The van der Waals surface area contributed by atoms with E-state index in [0.717, 1.165) is 18.5 Å². The normalized spacial score (nSPS) is 10.6. The van der Waals surface area contributed by atoms with Crippen LogP contribution in [0.1, 0.15) is 24.5 Å². The number of ether oxygens (including phenoxy) is 1. The van der Waals surface area contributed by atoms with Crippen LogP contribution in [-0.4, -0.2) is 11.5 Å². The maximum atomic E-state index is 13.9. The summed E-state index contributed by atoms with van der Waals surface area (Å²) in [5, 5.41) is 3.10. The third-order valence-corrected chi connectivity index (χ3v) is 2.95. The van der Waals surface area contributed by atoms with Gasteiger partial charge in [-0.3, -0.25) is 4.98 Å². The highest BCUT2D eigenvalue weighted by atomic mass is 19.1. The van der Waals surface area contributed by atoms with E-state index < -0.39 is 11.6 Å². The molecule has 0 atom stereocenters. The van der Waals surface area contributed by atoms with Crippen LogP contribution in [0.25, 0.3) is 0 Å². The minimum atomic E-state index is -0.683. The molecule has 1 aromatic carbocycles. The number of rotatable bonds is 7. The van der Waals surface area contributed by atoms with E-state index in [-0.39, 0.29) is 12.4 Å². The summed E-state index contributed by atoms with van der Waals surface area (Å²) in [4.78, 5) is 3.87. The molecular weight excluding hydrogens is 274 g/mol. The van der Waals surface area contributed by atoms with Crippen LogP contribution in [0.5, 0.6) is 5.75 Å². The van der Waals surface area contributed by atoms with Gasteiger partial charge < -0.3 is 10.1 Å². The van der Waals surface area contributed by atoms with Gasteiger partial charge in [-0.25, -0.2) is 8.78 Å².